The Labute approximate surface area is 116 Å². The zero-order chi connectivity index (χ0) is 12.3. The van der Waals surface area contributed by atoms with E-state index < -0.39 is 0 Å². The highest BCUT2D eigenvalue weighted by Gasteiger charge is 2.19. The van der Waals surface area contributed by atoms with Crippen molar-refractivity contribution in [2.75, 3.05) is 20.1 Å². The molecule has 1 aromatic rings. The molecule has 1 N–H and O–H groups in total. The zero-order valence-electron chi connectivity index (χ0n) is 9.95. The van der Waals surface area contributed by atoms with Gasteiger partial charge in [-0.25, -0.2) is 0 Å². The largest absolute Gasteiger partial charge is 0.340 e. The van der Waals surface area contributed by atoms with Crippen molar-refractivity contribution in [2.45, 2.75) is 18.9 Å². The molecule has 0 aromatic heterocycles. The Morgan fingerprint density at radius 2 is 2.18 bits per heavy atom. The van der Waals surface area contributed by atoms with Crippen LogP contribution in [0.4, 0.5) is 0 Å². The van der Waals surface area contributed by atoms with Crippen LogP contribution in [-0.4, -0.2) is 37.0 Å². The molecule has 0 spiro atoms. The van der Waals surface area contributed by atoms with E-state index in [0.717, 1.165) is 22.2 Å². The van der Waals surface area contributed by atoms with Gasteiger partial charge in [-0.2, -0.15) is 0 Å². The van der Waals surface area contributed by atoms with Crippen molar-refractivity contribution in [3.05, 3.63) is 33.4 Å². The van der Waals surface area contributed by atoms with Gasteiger partial charge in [0, 0.05) is 28.8 Å². The molecule has 0 saturated carbocycles. The molecule has 1 fully saturated rings. The summed E-state index contributed by atoms with van der Waals surface area (Å²) in [6.07, 6.45) is 2.39. The highest BCUT2D eigenvalue weighted by Crippen LogP contribution is 2.11. The molecule has 3 nitrogen and oxygen atoms in total. The number of nitrogens with zero attached hydrogens (tertiary/aromatic N) is 1. The zero-order valence-corrected chi connectivity index (χ0v) is 12.1. The molecule has 1 aliphatic rings. The van der Waals surface area contributed by atoms with Gasteiger partial charge in [0.2, 0.25) is 0 Å². The van der Waals surface area contributed by atoms with E-state index in [4.69, 9.17) is 0 Å². The van der Waals surface area contributed by atoms with E-state index in [-0.39, 0.29) is 5.91 Å². The summed E-state index contributed by atoms with van der Waals surface area (Å²) in [6.45, 7) is 1.88. The van der Waals surface area contributed by atoms with Crippen LogP contribution in [0.25, 0.3) is 0 Å². The number of amides is 1. The monoisotopic (exact) mass is 344 g/mol. The van der Waals surface area contributed by atoms with Crippen molar-refractivity contribution in [3.63, 3.8) is 0 Å². The third-order valence-electron chi connectivity index (χ3n) is 3.09. The first kappa shape index (κ1) is 12.8. The molecule has 1 unspecified atom stereocenters. The first-order valence-corrected chi connectivity index (χ1v) is 6.99. The Bertz CT molecular complexity index is 385. The normalized spacial score (nSPS) is 19.3. The smallest absolute Gasteiger partial charge is 0.253 e. The Kier molecular flexibility index (Phi) is 4.39. The van der Waals surface area contributed by atoms with Crippen molar-refractivity contribution in [1.82, 2.24) is 10.2 Å². The van der Waals surface area contributed by atoms with Crippen molar-refractivity contribution < 1.29 is 4.79 Å². The van der Waals surface area contributed by atoms with Crippen LogP contribution < -0.4 is 5.32 Å². The van der Waals surface area contributed by atoms with E-state index in [2.05, 4.69) is 27.9 Å². The predicted octanol–water partition coefficient (Wildman–Crippen LogP) is 2.12. The number of likely N-dealkylation sites (N-methyl/N-ethyl adjacent to an activating group) is 1. The van der Waals surface area contributed by atoms with Gasteiger partial charge in [-0.1, -0.05) is 0 Å². The van der Waals surface area contributed by atoms with Crippen molar-refractivity contribution in [1.29, 1.82) is 0 Å². The molecule has 0 radical (unpaired) electrons. The second kappa shape index (κ2) is 5.82. The summed E-state index contributed by atoms with van der Waals surface area (Å²) in [4.78, 5) is 14.0. The number of carbonyl (C=O) groups is 1. The molecule has 1 heterocycles. The molecule has 0 bridgehead atoms. The molecule has 1 amide bonds. The third-order valence-corrected chi connectivity index (χ3v) is 3.81. The minimum Gasteiger partial charge on any atom is -0.340 e. The maximum Gasteiger partial charge on any atom is 0.253 e. The molecule has 2 rings (SSSR count). The quantitative estimate of drug-likeness (QED) is 0.852. The number of carbonyl (C=O) groups excluding carboxylic acids is 1. The standard InChI is InChI=1S/C13H17IN2O/c1-16(9-12-3-2-8-15-12)13(17)10-4-6-11(14)7-5-10/h4-7,12,15H,2-3,8-9H2,1H3. The fourth-order valence-corrected chi connectivity index (χ4v) is 2.50. The molecule has 17 heavy (non-hydrogen) atoms. The van der Waals surface area contributed by atoms with Crippen LogP contribution in [0.5, 0.6) is 0 Å². The second-order valence-corrected chi connectivity index (χ2v) is 5.73. The van der Waals surface area contributed by atoms with Crippen LogP contribution >= 0.6 is 22.6 Å². The maximum absolute atomic E-state index is 12.1. The topological polar surface area (TPSA) is 32.3 Å². The lowest BCUT2D eigenvalue weighted by Crippen LogP contribution is -2.38. The first-order valence-electron chi connectivity index (χ1n) is 5.91. The fourth-order valence-electron chi connectivity index (χ4n) is 2.14. The Hall–Kier alpha value is -0.620. The summed E-state index contributed by atoms with van der Waals surface area (Å²) in [6, 6.07) is 8.18. The van der Waals surface area contributed by atoms with Gasteiger partial charge in [0.05, 0.1) is 0 Å². The van der Waals surface area contributed by atoms with Gasteiger partial charge in [-0.15, -0.1) is 0 Å². The molecule has 1 saturated heterocycles. The lowest BCUT2D eigenvalue weighted by atomic mass is 10.1. The van der Waals surface area contributed by atoms with Crippen LogP contribution in [0.2, 0.25) is 0 Å². The van der Waals surface area contributed by atoms with E-state index in [0.29, 0.717) is 6.04 Å². The van der Waals surface area contributed by atoms with E-state index in [1.54, 1.807) is 0 Å². The molecule has 0 aliphatic carbocycles. The maximum atomic E-state index is 12.1. The lowest BCUT2D eigenvalue weighted by Gasteiger charge is -2.21. The highest BCUT2D eigenvalue weighted by atomic mass is 127. The van der Waals surface area contributed by atoms with E-state index in [1.165, 1.54) is 12.8 Å². The molecular weight excluding hydrogens is 327 g/mol. The summed E-state index contributed by atoms with van der Waals surface area (Å²) in [5.74, 6) is 0.107. The van der Waals surface area contributed by atoms with Crippen molar-refractivity contribution in [3.8, 4) is 0 Å². The van der Waals surface area contributed by atoms with Crippen LogP contribution in [0.1, 0.15) is 23.2 Å². The van der Waals surface area contributed by atoms with E-state index >= 15 is 0 Å². The third kappa shape index (κ3) is 3.42. The van der Waals surface area contributed by atoms with Gasteiger partial charge in [-0.05, 0) is 66.2 Å². The van der Waals surface area contributed by atoms with Gasteiger partial charge >= 0.3 is 0 Å². The summed E-state index contributed by atoms with van der Waals surface area (Å²) < 4.78 is 1.15. The van der Waals surface area contributed by atoms with Crippen LogP contribution in [0.15, 0.2) is 24.3 Å². The van der Waals surface area contributed by atoms with Crippen LogP contribution in [-0.2, 0) is 0 Å². The van der Waals surface area contributed by atoms with Gasteiger partial charge < -0.3 is 10.2 Å². The van der Waals surface area contributed by atoms with Crippen LogP contribution in [0, 0.1) is 3.57 Å². The fraction of sp³-hybridized carbons (Fsp3) is 0.462. The average Bonchev–Trinajstić information content (AvgIpc) is 2.82. The van der Waals surface area contributed by atoms with Gasteiger partial charge in [-0.3, -0.25) is 4.79 Å². The SMILES string of the molecule is CN(CC1CCCN1)C(=O)c1ccc(I)cc1. The molecule has 1 aromatic carbocycles. The van der Waals surface area contributed by atoms with Crippen molar-refractivity contribution >= 4 is 28.5 Å². The summed E-state index contributed by atoms with van der Waals surface area (Å²) in [5.41, 5.74) is 0.769. The second-order valence-electron chi connectivity index (χ2n) is 4.49. The minimum atomic E-state index is 0.107. The Morgan fingerprint density at radius 3 is 2.76 bits per heavy atom. The summed E-state index contributed by atoms with van der Waals surface area (Å²) >= 11 is 2.24. The van der Waals surface area contributed by atoms with Gasteiger partial charge in [0.1, 0.15) is 0 Å². The van der Waals surface area contributed by atoms with E-state index in [1.807, 2.05) is 36.2 Å². The molecule has 1 aliphatic heterocycles. The average molecular weight is 344 g/mol. The Balaban J connectivity index is 1.96. The highest BCUT2D eigenvalue weighted by molar-refractivity contribution is 14.1. The Morgan fingerprint density at radius 1 is 1.47 bits per heavy atom. The summed E-state index contributed by atoms with van der Waals surface area (Å²) in [7, 11) is 1.88. The van der Waals surface area contributed by atoms with Gasteiger partial charge in [0.15, 0.2) is 0 Å². The molecule has 4 heteroatoms. The number of hydrogen-bond acceptors (Lipinski definition) is 2. The predicted molar refractivity (Wildman–Crippen MR) is 77.1 cm³/mol. The lowest BCUT2D eigenvalue weighted by molar-refractivity contribution is 0.0784. The van der Waals surface area contributed by atoms with E-state index in [9.17, 15) is 4.79 Å². The molecule has 92 valence electrons. The van der Waals surface area contributed by atoms with Crippen molar-refractivity contribution in [2.24, 2.45) is 0 Å². The van der Waals surface area contributed by atoms with Crippen LogP contribution in [0.3, 0.4) is 0 Å². The first-order chi connectivity index (χ1) is 8.16. The summed E-state index contributed by atoms with van der Waals surface area (Å²) in [5, 5.41) is 3.41. The number of halogens is 1. The number of nitrogens with one attached hydrogen (secondary N) is 1. The number of benzene rings is 1. The van der Waals surface area contributed by atoms with Gasteiger partial charge in [0.25, 0.3) is 5.91 Å². The minimum absolute atomic E-state index is 0.107. The number of rotatable bonds is 3. The number of hydrogen-bond donors (Lipinski definition) is 1. The molecule has 1 atom stereocenters. The molecular formula is C13H17IN2O.